The van der Waals surface area contributed by atoms with Crippen molar-refractivity contribution < 1.29 is 19.3 Å². The Morgan fingerprint density at radius 3 is 2.26 bits per heavy atom. The number of piperidine rings is 1. The van der Waals surface area contributed by atoms with Crippen molar-refractivity contribution in [3.8, 4) is 5.75 Å². The van der Waals surface area contributed by atoms with Gasteiger partial charge in [-0.05, 0) is 36.1 Å². The first-order chi connectivity index (χ1) is 13.1. The summed E-state index contributed by atoms with van der Waals surface area (Å²) in [7, 11) is 4.81. The van der Waals surface area contributed by atoms with Gasteiger partial charge >= 0.3 is 0 Å². The van der Waals surface area contributed by atoms with Crippen LogP contribution in [-0.4, -0.2) is 44.4 Å². The highest BCUT2D eigenvalue weighted by Crippen LogP contribution is 2.37. The van der Waals surface area contributed by atoms with E-state index in [9.17, 15) is 5.11 Å². The van der Waals surface area contributed by atoms with Gasteiger partial charge in [-0.15, -0.1) is 0 Å². The van der Waals surface area contributed by atoms with Crippen LogP contribution in [0.3, 0.4) is 0 Å². The van der Waals surface area contributed by atoms with Crippen molar-refractivity contribution in [1.29, 1.82) is 0 Å². The molecular weight excluding hydrogens is 342 g/mol. The summed E-state index contributed by atoms with van der Waals surface area (Å²) in [6.07, 6.45) is 0.900. The van der Waals surface area contributed by atoms with Crippen LogP contribution in [-0.2, 0) is 21.6 Å². The molecule has 27 heavy (non-hydrogen) atoms. The molecule has 0 radical (unpaired) electrons. The molecule has 0 amide bonds. The lowest BCUT2D eigenvalue weighted by molar-refractivity contribution is -0.107. The summed E-state index contributed by atoms with van der Waals surface area (Å²) in [5.74, 6) is 0.668. The zero-order chi connectivity index (χ0) is 19.3. The third-order valence-electron chi connectivity index (χ3n) is 5.39. The van der Waals surface area contributed by atoms with Crippen molar-refractivity contribution in [3.63, 3.8) is 0 Å². The number of methoxy groups -OCH3 is 3. The SMILES string of the molecule is COc1cc(C2(O)CCN(Cc3ccccc3)CC2)ccc1C(OC)OC. The number of ether oxygens (including phenoxy) is 3. The fourth-order valence-electron chi connectivity index (χ4n) is 3.76. The molecule has 0 aromatic heterocycles. The van der Waals surface area contributed by atoms with E-state index in [0.717, 1.165) is 30.8 Å². The van der Waals surface area contributed by atoms with E-state index >= 15 is 0 Å². The van der Waals surface area contributed by atoms with Gasteiger partial charge in [-0.1, -0.05) is 36.4 Å². The number of hydrogen-bond donors (Lipinski definition) is 1. The molecule has 1 N–H and O–H groups in total. The predicted octanol–water partition coefficient (Wildman–Crippen LogP) is 3.47. The van der Waals surface area contributed by atoms with Crippen molar-refractivity contribution in [2.45, 2.75) is 31.3 Å². The summed E-state index contributed by atoms with van der Waals surface area (Å²) in [6.45, 7) is 2.63. The van der Waals surface area contributed by atoms with Gasteiger partial charge in [0.2, 0.25) is 0 Å². The van der Waals surface area contributed by atoms with Gasteiger partial charge in [0.05, 0.1) is 12.7 Å². The molecule has 2 aromatic rings. The van der Waals surface area contributed by atoms with Gasteiger partial charge in [0.15, 0.2) is 6.29 Å². The Morgan fingerprint density at radius 1 is 1.00 bits per heavy atom. The third-order valence-corrected chi connectivity index (χ3v) is 5.39. The number of aliphatic hydroxyl groups is 1. The normalized spacial score (nSPS) is 17.2. The van der Waals surface area contributed by atoms with Crippen LogP contribution in [0.15, 0.2) is 48.5 Å². The molecule has 5 nitrogen and oxygen atoms in total. The summed E-state index contributed by atoms with van der Waals surface area (Å²) in [4.78, 5) is 2.39. The number of likely N-dealkylation sites (tertiary alicyclic amines) is 1. The topological polar surface area (TPSA) is 51.2 Å². The monoisotopic (exact) mass is 371 g/mol. The highest BCUT2D eigenvalue weighted by molar-refractivity contribution is 5.41. The average molecular weight is 371 g/mol. The minimum atomic E-state index is -0.839. The summed E-state index contributed by atoms with van der Waals surface area (Å²) in [6, 6.07) is 16.2. The second kappa shape index (κ2) is 8.85. The van der Waals surface area contributed by atoms with E-state index in [-0.39, 0.29) is 0 Å². The van der Waals surface area contributed by atoms with Gasteiger partial charge in [-0.25, -0.2) is 0 Å². The first-order valence-electron chi connectivity index (χ1n) is 9.32. The van der Waals surface area contributed by atoms with Crippen LogP contribution in [0.4, 0.5) is 0 Å². The largest absolute Gasteiger partial charge is 0.496 e. The van der Waals surface area contributed by atoms with Crippen LogP contribution in [0.5, 0.6) is 5.75 Å². The molecule has 0 unspecified atom stereocenters. The third kappa shape index (κ3) is 4.50. The molecule has 1 aliphatic rings. The lowest BCUT2D eigenvalue weighted by atomic mass is 9.83. The lowest BCUT2D eigenvalue weighted by Gasteiger charge is -2.39. The molecule has 3 rings (SSSR count). The second-order valence-corrected chi connectivity index (χ2v) is 7.05. The molecule has 0 aliphatic carbocycles. The van der Waals surface area contributed by atoms with Crippen molar-refractivity contribution in [2.24, 2.45) is 0 Å². The van der Waals surface area contributed by atoms with E-state index in [0.29, 0.717) is 18.6 Å². The maximum absolute atomic E-state index is 11.2. The van der Waals surface area contributed by atoms with Gasteiger partial charge in [-0.2, -0.15) is 0 Å². The average Bonchev–Trinajstić information content (AvgIpc) is 2.71. The van der Waals surface area contributed by atoms with E-state index in [2.05, 4.69) is 29.2 Å². The summed E-state index contributed by atoms with van der Waals surface area (Å²) in [5, 5.41) is 11.2. The number of nitrogens with zero attached hydrogens (tertiary/aromatic N) is 1. The highest BCUT2D eigenvalue weighted by atomic mass is 16.7. The van der Waals surface area contributed by atoms with Gasteiger partial charge < -0.3 is 19.3 Å². The Labute approximate surface area is 161 Å². The standard InChI is InChI=1S/C22H29NO4/c1-25-20-15-18(9-10-19(20)21(26-2)27-3)22(24)11-13-23(14-12-22)16-17-7-5-4-6-8-17/h4-10,15,21,24H,11-14,16H2,1-3H3. The van der Waals surface area contributed by atoms with Gasteiger partial charge in [0, 0.05) is 39.4 Å². The minimum absolute atomic E-state index is 0.489. The molecule has 1 heterocycles. The lowest BCUT2D eigenvalue weighted by Crippen LogP contribution is -2.42. The molecule has 5 heteroatoms. The Balaban J connectivity index is 1.71. The summed E-state index contributed by atoms with van der Waals surface area (Å²) >= 11 is 0. The van der Waals surface area contributed by atoms with Crippen molar-refractivity contribution in [3.05, 3.63) is 65.2 Å². The van der Waals surface area contributed by atoms with Crippen LogP contribution < -0.4 is 4.74 Å². The molecule has 2 aromatic carbocycles. The summed E-state index contributed by atoms with van der Waals surface area (Å²) in [5.41, 5.74) is 2.16. The van der Waals surface area contributed by atoms with E-state index in [4.69, 9.17) is 14.2 Å². The van der Waals surface area contributed by atoms with Crippen molar-refractivity contribution in [2.75, 3.05) is 34.4 Å². The first kappa shape index (κ1) is 19.8. The van der Waals surface area contributed by atoms with Gasteiger partial charge in [-0.3, -0.25) is 4.90 Å². The quantitative estimate of drug-likeness (QED) is 0.756. The summed E-state index contributed by atoms with van der Waals surface area (Å²) < 4.78 is 16.2. The molecule has 0 bridgehead atoms. The smallest absolute Gasteiger partial charge is 0.186 e. The predicted molar refractivity (Wildman–Crippen MR) is 105 cm³/mol. The molecule has 1 fully saturated rings. The van der Waals surface area contributed by atoms with Crippen LogP contribution >= 0.6 is 0 Å². The van der Waals surface area contributed by atoms with Gasteiger partial charge in [0.25, 0.3) is 0 Å². The Kier molecular flexibility index (Phi) is 6.50. The highest BCUT2D eigenvalue weighted by Gasteiger charge is 2.34. The molecule has 1 saturated heterocycles. The van der Waals surface area contributed by atoms with E-state index in [1.807, 2.05) is 24.3 Å². The second-order valence-electron chi connectivity index (χ2n) is 7.05. The Morgan fingerprint density at radius 2 is 1.67 bits per heavy atom. The number of hydrogen-bond acceptors (Lipinski definition) is 5. The van der Waals surface area contributed by atoms with E-state index in [1.54, 1.807) is 21.3 Å². The maximum Gasteiger partial charge on any atom is 0.186 e. The zero-order valence-electron chi connectivity index (χ0n) is 16.4. The molecule has 0 atom stereocenters. The van der Waals surface area contributed by atoms with Gasteiger partial charge in [0.1, 0.15) is 5.75 Å². The minimum Gasteiger partial charge on any atom is -0.496 e. The fraction of sp³-hybridized carbons (Fsp3) is 0.455. The van der Waals surface area contributed by atoms with Crippen molar-refractivity contribution in [1.82, 2.24) is 4.90 Å². The first-order valence-corrected chi connectivity index (χ1v) is 9.32. The van der Waals surface area contributed by atoms with E-state index in [1.165, 1.54) is 5.56 Å². The molecule has 0 saturated carbocycles. The van der Waals surface area contributed by atoms with Crippen LogP contribution in [0.25, 0.3) is 0 Å². The Hall–Kier alpha value is -1.92. The van der Waals surface area contributed by atoms with Crippen LogP contribution in [0.2, 0.25) is 0 Å². The zero-order valence-corrected chi connectivity index (χ0v) is 16.4. The molecular formula is C22H29NO4. The maximum atomic E-state index is 11.2. The fourth-order valence-corrected chi connectivity index (χ4v) is 3.76. The van der Waals surface area contributed by atoms with E-state index < -0.39 is 11.9 Å². The molecule has 1 aliphatic heterocycles. The molecule has 146 valence electrons. The molecule has 0 spiro atoms. The Bertz CT molecular complexity index is 722. The number of rotatable bonds is 7. The number of benzene rings is 2. The van der Waals surface area contributed by atoms with Crippen LogP contribution in [0.1, 0.15) is 35.8 Å². The van der Waals surface area contributed by atoms with Crippen LogP contribution in [0, 0.1) is 0 Å². The van der Waals surface area contributed by atoms with Crippen molar-refractivity contribution >= 4 is 0 Å².